The van der Waals surface area contributed by atoms with E-state index in [2.05, 4.69) is 20.6 Å². The number of nitrogens with zero attached hydrogens (tertiary/aromatic N) is 4. The Hall–Kier alpha value is -3.42. The summed E-state index contributed by atoms with van der Waals surface area (Å²) in [6, 6.07) is 11.2. The fourth-order valence-electron chi connectivity index (χ4n) is 3.07. The normalized spacial score (nSPS) is 11.2. The number of amides is 1. The molecule has 8 heteroatoms. The van der Waals surface area contributed by atoms with Gasteiger partial charge in [0, 0.05) is 23.4 Å². The highest BCUT2D eigenvalue weighted by Crippen LogP contribution is 2.26. The number of benzene rings is 1. The molecule has 1 amide bonds. The number of carbonyl (C=O) groups excluding carboxylic acids is 1. The Labute approximate surface area is 155 Å². The largest absolute Gasteiger partial charge is 0.480 e. The highest BCUT2D eigenvalue weighted by Gasteiger charge is 2.16. The van der Waals surface area contributed by atoms with Gasteiger partial charge in [-0.1, -0.05) is 25.1 Å². The molecule has 0 bridgehead atoms. The van der Waals surface area contributed by atoms with E-state index < -0.39 is 0 Å². The average molecular weight is 365 g/mol. The van der Waals surface area contributed by atoms with E-state index in [0.717, 1.165) is 28.7 Å². The van der Waals surface area contributed by atoms with Crippen LogP contribution in [0.15, 0.2) is 40.8 Å². The quantitative estimate of drug-likeness (QED) is 0.563. The number of aryl methyl sites for hydroxylation is 1. The van der Waals surface area contributed by atoms with Gasteiger partial charge in [0.05, 0.1) is 20.1 Å². The van der Waals surface area contributed by atoms with E-state index in [1.165, 1.54) is 0 Å². The minimum atomic E-state index is -0.115. The Balaban J connectivity index is 1.51. The zero-order valence-corrected chi connectivity index (χ0v) is 15.1. The third-order valence-corrected chi connectivity index (χ3v) is 4.40. The molecule has 0 fully saturated rings. The van der Waals surface area contributed by atoms with Crippen LogP contribution in [0.5, 0.6) is 5.88 Å². The topological polar surface area (TPSA) is 94.6 Å². The summed E-state index contributed by atoms with van der Waals surface area (Å²) < 4.78 is 12.5. The van der Waals surface area contributed by atoms with Crippen molar-refractivity contribution >= 4 is 22.5 Å². The molecule has 3 aromatic heterocycles. The van der Waals surface area contributed by atoms with Crippen LogP contribution in [-0.4, -0.2) is 32.8 Å². The van der Waals surface area contributed by atoms with Crippen molar-refractivity contribution in [2.75, 3.05) is 7.11 Å². The van der Waals surface area contributed by atoms with E-state index in [1.807, 2.05) is 31.2 Å². The third kappa shape index (κ3) is 3.21. The number of fused-ring (bicyclic) bond motifs is 2. The third-order valence-electron chi connectivity index (χ3n) is 4.40. The van der Waals surface area contributed by atoms with Gasteiger partial charge in [0.1, 0.15) is 11.3 Å². The molecule has 1 N–H and O–H groups in total. The Morgan fingerprint density at radius 1 is 1.22 bits per heavy atom. The SMILES string of the molecule is CCc1oc2ccccc2c1CC(=O)NCc1nnc2ccc(OC)nn12. The highest BCUT2D eigenvalue weighted by molar-refractivity contribution is 5.88. The van der Waals surface area contributed by atoms with E-state index in [4.69, 9.17) is 9.15 Å². The predicted molar refractivity (Wildman–Crippen MR) is 98.5 cm³/mol. The molecule has 0 aliphatic heterocycles. The molecule has 0 aliphatic carbocycles. The number of carbonyl (C=O) groups is 1. The van der Waals surface area contributed by atoms with Crippen molar-refractivity contribution in [2.24, 2.45) is 0 Å². The number of hydrogen-bond donors (Lipinski definition) is 1. The second-order valence-corrected chi connectivity index (χ2v) is 6.07. The molecule has 0 atom stereocenters. The summed E-state index contributed by atoms with van der Waals surface area (Å²) in [7, 11) is 1.54. The minimum absolute atomic E-state index is 0.115. The lowest BCUT2D eigenvalue weighted by molar-refractivity contribution is -0.120. The number of ether oxygens (including phenoxy) is 1. The number of rotatable bonds is 6. The molecule has 4 rings (SSSR count). The summed E-state index contributed by atoms with van der Waals surface area (Å²) in [6.45, 7) is 2.23. The van der Waals surface area contributed by atoms with Gasteiger partial charge in [0.15, 0.2) is 11.5 Å². The van der Waals surface area contributed by atoms with Crippen LogP contribution < -0.4 is 10.1 Å². The first-order valence-corrected chi connectivity index (χ1v) is 8.71. The molecule has 3 heterocycles. The van der Waals surface area contributed by atoms with Crippen molar-refractivity contribution in [3.8, 4) is 5.88 Å². The molecule has 27 heavy (non-hydrogen) atoms. The van der Waals surface area contributed by atoms with Gasteiger partial charge in [-0.25, -0.2) is 0 Å². The Morgan fingerprint density at radius 2 is 2.07 bits per heavy atom. The number of methoxy groups -OCH3 is 1. The van der Waals surface area contributed by atoms with Gasteiger partial charge in [-0.3, -0.25) is 4.79 Å². The first kappa shape index (κ1) is 17.0. The van der Waals surface area contributed by atoms with E-state index in [0.29, 0.717) is 17.4 Å². The standard InChI is InChI=1S/C19H19N5O3/c1-3-14-13(12-6-4-5-7-15(12)27-14)10-18(25)20-11-17-22-21-16-8-9-19(26-2)23-24(16)17/h4-9H,3,10-11H2,1-2H3,(H,20,25). The van der Waals surface area contributed by atoms with Crippen LogP contribution in [0.3, 0.4) is 0 Å². The van der Waals surface area contributed by atoms with Crippen molar-refractivity contribution < 1.29 is 13.9 Å². The molecule has 0 saturated carbocycles. The number of furan rings is 1. The molecule has 0 spiro atoms. The molecule has 0 unspecified atom stereocenters. The van der Waals surface area contributed by atoms with E-state index >= 15 is 0 Å². The minimum Gasteiger partial charge on any atom is -0.480 e. The molecular weight excluding hydrogens is 346 g/mol. The van der Waals surface area contributed by atoms with Crippen LogP contribution in [0.4, 0.5) is 0 Å². The van der Waals surface area contributed by atoms with E-state index in [9.17, 15) is 4.79 Å². The lowest BCUT2D eigenvalue weighted by Gasteiger charge is -2.05. The van der Waals surface area contributed by atoms with Gasteiger partial charge in [0.25, 0.3) is 0 Å². The number of para-hydroxylation sites is 1. The predicted octanol–water partition coefficient (Wildman–Crippen LogP) is 2.30. The summed E-state index contributed by atoms with van der Waals surface area (Å²) in [4.78, 5) is 12.5. The maximum atomic E-state index is 12.5. The summed E-state index contributed by atoms with van der Waals surface area (Å²) >= 11 is 0. The van der Waals surface area contributed by atoms with Crippen LogP contribution in [0.1, 0.15) is 24.1 Å². The van der Waals surface area contributed by atoms with Crippen LogP contribution in [0, 0.1) is 0 Å². The van der Waals surface area contributed by atoms with Crippen molar-refractivity contribution in [3.63, 3.8) is 0 Å². The first-order chi connectivity index (χ1) is 13.2. The van der Waals surface area contributed by atoms with Crippen LogP contribution in [0.25, 0.3) is 16.6 Å². The van der Waals surface area contributed by atoms with Crippen molar-refractivity contribution in [1.82, 2.24) is 25.1 Å². The fourth-order valence-corrected chi connectivity index (χ4v) is 3.07. The molecular formula is C19H19N5O3. The fraction of sp³-hybridized carbons (Fsp3) is 0.263. The Bertz CT molecular complexity index is 1120. The van der Waals surface area contributed by atoms with Gasteiger partial charge in [-0.15, -0.1) is 15.3 Å². The van der Waals surface area contributed by atoms with Crippen LogP contribution in [0.2, 0.25) is 0 Å². The molecule has 0 aliphatic rings. The number of nitrogens with one attached hydrogen (secondary N) is 1. The molecule has 0 radical (unpaired) electrons. The summed E-state index contributed by atoms with van der Waals surface area (Å²) in [5, 5.41) is 16.3. The van der Waals surface area contributed by atoms with Gasteiger partial charge >= 0.3 is 0 Å². The maximum absolute atomic E-state index is 12.5. The molecule has 8 nitrogen and oxygen atoms in total. The second kappa shape index (κ2) is 7.06. The first-order valence-electron chi connectivity index (χ1n) is 8.71. The van der Waals surface area contributed by atoms with Gasteiger partial charge in [0.2, 0.25) is 11.8 Å². The van der Waals surface area contributed by atoms with Gasteiger partial charge in [-0.2, -0.15) is 4.52 Å². The number of aromatic nitrogens is 4. The summed E-state index contributed by atoms with van der Waals surface area (Å²) in [5.41, 5.74) is 2.32. The van der Waals surface area contributed by atoms with Gasteiger partial charge in [-0.05, 0) is 12.1 Å². The lowest BCUT2D eigenvalue weighted by Crippen LogP contribution is -2.26. The molecule has 138 valence electrons. The van der Waals surface area contributed by atoms with Crippen molar-refractivity contribution in [1.29, 1.82) is 0 Å². The van der Waals surface area contributed by atoms with Crippen LogP contribution >= 0.6 is 0 Å². The van der Waals surface area contributed by atoms with E-state index in [1.54, 1.807) is 23.8 Å². The molecule has 1 aromatic carbocycles. The maximum Gasteiger partial charge on any atom is 0.231 e. The lowest BCUT2D eigenvalue weighted by atomic mass is 10.1. The average Bonchev–Trinajstić information content (AvgIpc) is 3.27. The number of hydrogen-bond acceptors (Lipinski definition) is 6. The monoisotopic (exact) mass is 365 g/mol. The highest BCUT2D eigenvalue weighted by atomic mass is 16.5. The zero-order chi connectivity index (χ0) is 18.8. The molecule has 0 saturated heterocycles. The zero-order valence-electron chi connectivity index (χ0n) is 15.1. The molecule has 4 aromatic rings. The van der Waals surface area contributed by atoms with E-state index in [-0.39, 0.29) is 18.9 Å². The van der Waals surface area contributed by atoms with Crippen LogP contribution in [-0.2, 0) is 24.2 Å². The second-order valence-electron chi connectivity index (χ2n) is 6.07. The van der Waals surface area contributed by atoms with Crippen molar-refractivity contribution in [2.45, 2.75) is 26.3 Å². The van der Waals surface area contributed by atoms with Gasteiger partial charge < -0.3 is 14.5 Å². The van der Waals surface area contributed by atoms with Crippen molar-refractivity contribution in [3.05, 3.63) is 53.5 Å². The Kier molecular flexibility index (Phi) is 4.45. The summed E-state index contributed by atoms with van der Waals surface area (Å²) in [5.74, 6) is 1.71. The Morgan fingerprint density at radius 3 is 2.89 bits per heavy atom. The summed E-state index contributed by atoms with van der Waals surface area (Å²) in [6.07, 6.45) is 0.976. The smallest absolute Gasteiger partial charge is 0.231 e.